The quantitative estimate of drug-likeness (QED) is 0.177. The molecule has 4 nitrogen and oxygen atoms in total. The molecule has 5 aromatic heterocycles. The first-order valence-corrected chi connectivity index (χ1v) is 40.5. The highest BCUT2D eigenvalue weighted by molar-refractivity contribution is 7.26. The standard InChI is InChI=1S/C19H15N.C18H15N.2C16H16.C14H13N.C13H10O.C13H10S/c1-14-8-7-12-17-16-11-5-6-13-18(16)20(19(14)17)15-9-3-2-4-10-15;1-14-7-5-10-16(13-14)18-12-6-11-17(19-18)15-8-3-2-4-9-15;1-11-7-6-9-13-12-8-4-5-10-14(12)16(2,3)15(11)13;1-11-8-9-15-13(10-11)12-6-4-5-7-14(12)16(15,2)3;1-10-6-5-8-12-11-7-3-4-9-13(11)15(2)14(10)12;2*1-9-5-4-7-11-10-6-2-3-8-12(10)14-13(9)11/h2-13H,1H3;2-13H,1H3;2*4-10H,1-3H3;3-9H,1-2H3;2*2-8H,1H3. The van der Waals surface area contributed by atoms with Crippen LogP contribution >= 0.6 is 11.3 Å². The predicted octanol–water partition coefficient (Wildman–Crippen LogP) is 30.3. The fraction of sp³-hybridized carbons (Fsp3) is 0.128. The van der Waals surface area contributed by atoms with E-state index >= 15 is 0 Å². The molecular weight excluding hydrogens is 1400 g/mol. The van der Waals surface area contributed by atoms with Crippen LogP contribution in [0.1, 0.15) is 88.9 Å². The average molecular weight is 1500 g/mol. The summed E-state index contributed by atoms with van der Waals surface area (Å²) >= 11 is 1.89. The lowest BCUT2D eigenvalue weighted by atomic mass is 9.80. The van der Waals surface area contributed by atoms with Crippen LogP contribution in [0.15, 0.2) is 362 Å². The second-order valence-corrected chi connectivity index (χ2v) is 32.4. The summed E-state index contributed by atoms with van der Waals surface area (Å²) in [4.78, 5) is 4.75. The van der Waals surface area contributed by atoms with Crippen LogP contribution in [0, 0.1) is 48.5 Å². The van der Waals surface area contributed by atoms with Crippen molar-refractivity contribution in [3.05, 3.63) is 419 Å². The third kappa shape index (κ3) is 14.5. The number of pyridine rings is 1. The van der Waals surface area contributed by atoms with Gasteiger partial charge in [-0.05, 0) is 175 Å². The molecule has 0 amide bonds. The molecule has 0 aliphatic heterocycles. The van der Waals surface area contributed by atoms with Gasteiger partial charge in [0, 0.05) is 92.7 Å². The van der Waals surface area contributed by atoms with Gasteiger partial charge < -0.3 is 13.6 Å². The molecule has 0 radical (unpaired) electrons. The number of thiophene rings is 1. The number of fused-ring (bicyclic) bond motifs is 18. The number of hydrogen-bond donors (Lipinski definition) is 0. The zero-order chi connectivity index (χ0) is 78.8. The molecule has 0 spiro atoms. The van der Waals surface area contributed by atoms with Gasteiger partial charge in [0.15, 0.2) is 0 Å². The minimum absolute atomic E-state index is 0.150. The van der Waals surface area contributed by atoms with Gasteiger partial charge >= 0.3 is 0 Å². The summed E-state index contributed by atoms with van der Waals surface area (Å²) in [5, 5.41) is 10.5. The number of rotatable bonds is 3. The van der Waals surface area contributed by atoms with Crippen molar-refractivity contribution < 1.29 is 4.42 Å². The summed E-state index contributed by atoms with van der Waals surface area (Å²) in [5.41, 5.74) is 33.8. The molecule has 558 valence electrons. The Morgan fingerprint density at radius 2 is 0.772 bits per heavy atom. The molecule has 0 saturated heterocycles. The normalized spacial score (nSPS) is 12.4. The highest BCUT2D eigenvalue weighted by Crippen LogP contribution is 2.51. The van der Waals surface area contributed by atoms with Gasteiger partial charge in [-0.25, -0.2) is 4.98 Å². The molecule has 114 heavy (non-hydrogen) atoms. The van der Waals surface area contributed by atoms with E-state index in [0.717, 1.165) is 33.7 Å². The molecule has 20 aromatic rings. The van der Waals surface area contributed by atoms with Crippen molar-refractivity contribution in [3.63, 3.8) is 0 Å². The number of nitrogens with zero attached hydrogens (tertiary/aromatic N) is 3. The van der Waals surface area contributed by atoms with E-state index < -0.39 is 0 Å². The minimum Gasteiger partial charge on any atom is -0.456 e. The number of aromatic nitrogens is 3. The smallest absolute Gasteiger partial charge is 0.138 e. The van der Waals surface area contributed by atoms with Gasteiger partial charge in [-0.15, -0.1) is 11.3 Å². The third-order valence-corrected chi connectivity index (χ3v) is 24.2. The first-order valence-electron chi connectivity index (χ1n) is 39.6. The lowest BCUT2D eigenvalue weighted by Gasteiger charge is -2.23. The van der Waals surface area contributed by atoms with Crippen LogP contribution in [0.25, 0.3) is 136 Å². The van der Waals surface area contributed by atoms with Gasteiger partial charge in [0.2, 0.25) is 0 Å². The molecule has 0 saturated carbocycles. The van der Waals surface area contributed by atoms with Gasteiger partial charge in [0.25, 0.3) is 0 Å². The van der Waals surface area contributed by atoms with Gasteiger partial charge in [0.05, 0.1) is 27.9 Å². The molecular formula is C109H95N3OS. The van der Waals surface area contributed by atoms with Crippen molar-refractivity contribution in [1.82, 2.24) is 14.1 Å². The Bertz CT molecular complexity index is 6780. The fourth-order valence-corrected chi connectivity index (χ4v) is 18.5. The Hall–Kier alpha value is -12.9. The molecule has 5 heteroatoms. The number of para-hydroxylation sites is 7. The highest BCUT2D eigenvalue weighted by atomic mass is 32.1. The number of furan rings is 1. The molecule has 0 N–H and O–H groups in total. The van der Waals surface area contributed by atoms with E-state index in [-0.39, 0.29) is 10.8 Å². The van der Waals surface area contributed by atoms with Gasteiger partial charge in [-0.2, -0.15) is 0 Å². The largest absolute Gasteiger partial charge is 0.456 e. The number of aryl methyl sites for hydroxylation is 8. The zero-order valence-electron chi connectivity index (χ0n) is 67.2. The summed E-state index contributed by atoms with van der Waals surface area (Å²) in [5.74, 6) is 0. The van der Waals surface area contributed by atoms with Crippen molar-refractivity contribution in [2.24, 2.45) is 7.05 Å². The Morgan fingerprint density at radius 3 is 1.48 bits per heavy atom. The van der Waals surface area contributed by atoms with Gasteiger partial charge in [0.1, 0.15) is 11.2 Å². The van der Waals surface area contributed by atoms with Gasteiger partial charge in [-0.1, -0.05) is 342 Å². The van der Waals surface area contributed by atoms with E-state index in [1.165, 1.54) is 164 Å². The van der Waals surface area contributed by atoms with Crippen LogP contribution in [-0.4, -0.2) is 14.1 Å². The fourth-order valence-electron chi connectivity index (χ4n) is 17.4. The van der Waals surface area contributed by atoms with E-state index in [9.17, 15) is 0 Å². The molecule has 22 rings (SSSR count). The lowest BCUT2D eigenvalue weighted by molar-refractivity contribution is 0.655. The van der Waals surface area contributed by atoms with E-state index in [2.05, 4.69) is 414 Å². The Labute approximate surface area is 674 Å². The molecule has 0 fully saturated rings. The molecule has 5 heterocycles. The maximum Gasteiger partial charge on any atom is 0.138 e. The van der Waals surface area contributed by atoms with Crippen LogP contribution < -0.4 is 0 Å². The molecule has 2 aliphatic carbocycles. The zero-order valence-corrected chi connectivity index (χ0v) is 68.0. The third-order valence-electron chi connectivity index (χ3n) is 22.9. The maximum absolute atomic E-state index is 5.78. The van der Waals surface area contributed by atoms with Crippen molar-refractivity contribution in [3.8, 4) is 50.5 Å². The van der Waals surface area contributed by atoms with Gasteiger partial charge in [-0.3, -0.25) is 0 Å². The van der Waals surface area contributed by atoms with Crippen LogP contribution in [0.5, 0.6) is 0 Å². The van der Waals surface area contributed by atoms with Crippen LogP contribution in [0.2, 0.25) is 0 Å². The summed E-state index contributed by atoms with van der Waals surface area (Å²) in [6.07, 6.45) is 0. The molecule has 0 atom stereocenters. The van der Waals surface area contributed by atoms with Crippen LogP contribution in [0.3, 0.4) is 0 Å². The summed E-state index contributed by atoms with van der Waals surface area (Å²) < 4.78 is 13.2. The molecule has 15 aromatic carbocycles. The van der Waals surface area contributed by atoms with Crippen molar-refractivity contribution in [2.45, 2.75) is 87.0 Å². The Morgan fingerprint density at radius 1 is 0.307 bits per heavy atom. The van der Waals surface area contributed by atoms with E-state index in [0.29, 0.717) is 0 Å². The van der Waals surface area contributed by atoms with Crippen molar-refractivity contribution >= 4 is 97.1 Å². The van der Waals surface area contributed by atoms with Crippen molar-refractivity contribution in [2.75, 3.05) is 0 Å². The SMILES string of the molecule is Cc1ccc2c(c1)-c1ccccc1C2(C)C.Cc1cccc(-c2cccc(-c3ccccc3)n2)c1.Cc1cccc2c1C(C)(C)c1ccccc1-2.Cc1cccc2c1oc1ccccc12.Cc1cccc2c1sc1ccccc12.Cc1cccc2c3ccccc3n(-c3ccccc3)c12.Cc1cccc2c3ccccc3n(C)c12. The van der Waals surface area contributed by atoms with Crippen LogP contribution in [-0.2, 0) is 17.9 Å². The number of benzene rings is 15. The van der Waals surface area contributed by atoms with Crippen LogP contribution in [0.4, 0.5) is 0 Å². The highest BCUT2D eigenvalue weighted by Gasteiger charge is 2.37. The second kappa shape index (κ2) is 32.0. The monoisotopic (exact) mass is 1490 g/mol. The minimum atomic E-state index is 0.150. The molecule has 2 aliphatic rings. The summed E-state index contributed by atoms with van der Waals surface area (Å²) in [7, 11) is 2.14. The lowest BCUT2D eigenvalue weighted by Crippen LogP contribution is -2.16. The Kier molecular flexibility index (Phi) is 21.1. The Balaban J connectivity index is 0.000000101. The van der Waals surface area contributed by atoms with E-state index in [1.807, 2.05) is 47.7 Å². The van der Waals surface area contributed by atoms with E-state index in [4.69, 9.17) is 9.40 Å². The van der Waals surface area contributed by atoms with Crippen molar-refractivity contribution in [1.29, 1.82) is 0 Å². The topological polar surface area (TPSA) is 35.9 Å². The molecule has 0 bridgehead atoms. The summed E-state index contributed by atoms with van der Waals surface area (Å²) in [6.45, 7) is 24.4. The average Bonchev–Trinajstić information content (AvgIpc) is 1.61. The molecule has 0 unspecified atom stereocenters. The summed E-state index contributed by atoms with van der Waals surface area (Å²) in [6, 6.07) is 126. The second-order valence-electron chi connectivity index (χ2n) is 31.3. The first kappa shape index (κ1) is 75.1. The first-order chi connectivity index (χ1) is 55.4. The predicted molar refractivity (Wildman–Crippen MR) is 491 cm³/mol. The van der Waals surface area contributed by atoms with E-state index in [1.54, 1.807) is 0 Å². The maximum atomic E-state index is 5.78. The number of hydrogen-bond acceptors (Lipinski definition) is 3.